The van der Waals surface area contributed by atoms with E-state index in [0.29, 0.717) is 10.7 Å². The lowest BCUT2D eigenvalue weighted by Gasteiger charge is -2.05. The average molecular weight is 357 g/mol. The molecule has 100 valence electrons. The van der Waals surface area contributed by atoms with Crippen molar-refractivity contribution in [2.75, 3.05) is 5.32 Å². The molecule has 0 aliphatic heterocycles. The van der Waals surface area contributed by atoms with Crippen molar-refractivity contribution in [1.82, 2.24) is 4.98 Å². The van der Waals surface area contributed by atoms with Gasteiger partial charge in [-0.15, -0.1) is 24.0 Å². The number of benzene rings is 1. The minimum absolute atomic E-state index is 0.181. The summed E-state index contributed by atoms with van der Waals surface area (Å²) in [4.78, 5) is 18.5. The fraction of sp³-hybridized carbons (Fsp3) is 0.231. The molecule has 0 aliphatic rings. The van der Waals surface area contributed by atoms with Gasteiger partial charge in [-0.2, -0.15) is 0 Å². The minimum Gasteiger partial charge on any atom is -0.298 e. The number of aryl methyl sites for hydroxylation is 2. The number of amides is 1. The SMILES string of the molecule is CCc1nc(NC(=O)c2cc(S)ccc2Br)sc1C. The summed E-state index contributed by atoms with van der Waals surface area (Å²) < 4.78 is 0.742. The highest BCUT2D eigenvalue weighted by Gasteiger charge is 2.13. The summed E-state index contributed by atoms with van der Waals surface area (Å²) in [5.74, 6) is -0.181. The maximum Gasteiger partial charge on any atom is 0.258 e. The van der Waals surface area contributed by atoms with E-state index < -0.39 is 0 Å². The largest absolute Gasteiger partial charge is 0.298 e. The number of carbonyl (C=O) groups is 1. The Morgan fingerprint density at radius 2 is 2.26 bits per heavy atom. The summed E-state index contributed by atoms with van der Waals surface area (Å²) in [5, 5.41) is 3.46. The van der Waals surface area contributed by atoms with Crippen molar-refractivity contribution >= 4 is 50.9 Å². The predicted octanol–water partition coefficient (Wildman–Crippen LogP) is 4.32. The van der Waals surface area contributed by atoms with Crippen molar-refractivity contribution in [2.45, 2.75) is 25.2 Å². The van der Waals surface area contributed by atoms with E-state index in [1.807, 2.05) is 19.1 Å². The van der Waals surface area contributed by atoms with Crippen LogP contribution in [0.5, 0.6) is 0 Å². The van der Waals surface area contributed by atoms with Crippen LogP contribution in [0.15, 0.2) is 27.6 Å². The van der Waals surface area contributed by atoms with Gasteiger partial charge in [0.25, 0.3) is 5.91 Å². The normalized spacial score (nSPS) is 10.5. The number of carbonyl (C=O) groups excluding carboxylic acids is 1. The summed E-state index contributed by atoms with van der Waals surface area (Å²) >= 11 is 9.10. The first-order valence-electron chi connectivity index (χ1n) is 5.77. The number of thiol groups is 1. The third kappa shape index (κ3) is 3.38. The van der Waals surface area contributed by atoms with Gasteiger partial charge in [-0.05, 0) is 47.5 Å². The van der Waals surface area contributed by atoms with Crippen LogP contribution in [0.2, 0.25) is 0 Å². The molecule has 0 fully saturated rings. The van der Waals surface area contributed by atoms with Crippen LogP contribution in [0.3, 0.4) is 0 Å². The van der Waals surface area contributed by atoms with Gasteiger partial charge in [-0.25, -0.2) is 4.98 Å². The van der Waals surface area contributed by atoms with Crippen LogP contribution in [-0.4, -0.2) is 10.9 Å². The van der Waals surface area contributed by atoms with Crippen molar-refractivity contribution in [3.05, 3.63) is 38.8 Å². The lowest BCUT2D eigenvalue weighted by molar-refractivity contribution is 0.102. The van der Waals surface area contributed by atoms with Gasteiger partial charge < -0.3 is 0 Å². The fourth-order valence-electron chi connectivity index (χ4n) is 1.66. The Kier molecular flexibility index (Phi) is 4.65. The quantitative estimate of drug-likeness (QED) is 0.804. The van der Waals surface area contributed by atoms with Gasteiger partial charge in [0.15, 0.2) is 5.13 Å². The van der Waals surface area contributed by atoms with E-state index in [1.54, 1.807) is 6.07 Å². The summed E-state index contributed by atoms with van der Waals surface area (Å²) in [6, 6.07) is 5.36. The Hall–Kier alpha value is -0.850. The van der Waals surface area contributed by atoms with E-state index >= 15 is 0 Å². The zero-order chi connectivity index (χ0) is 14.0. The van der Waals surface area contributed by atoms with Gasteiger partial charge >= 0.3 is 0 Å². The third-order valence-electron chi connectivity index (χ3n) is 2.64. The molecular weight excluding hydrogens is 344 g/mol. The first-order valence-corrected chi connectivity index (χ1v) is 7.83. The maximum absolute atomic E-state index is 12.2. The number of nitrogens with zero attached hydrogens (tertiary/aromatic N) is 1. The Labute approximate surface area is 130 Å². The van der Waals surface area contributed by atoms with Gasteiger partial charge in [-0.1, -0.05) is 6.92 Å². The molecule has 0 aliphatic carbocycles. The number of aromatic nitrogens is 1. The van der Waals surface area contributed by atoms with E-state index in [2.05, 4.69) is 45.8 Å². The van der Waals surface area contributed by atoms with Crippen LogP contribution < -0.4 is 5.32 Å². The van der Waals surface area contributed by atoms with Crippen molar-refractivity contribution in [1.29, 1.82) is 0 Å². The van der Waals surface area contributed by atoms with E-state index in [4.69, 9.17) is 0 Å². The van der Waals surface area contributed by atoms with Gasteiger partial charge in [0.05, 0.1) is 11.3 Å². The molecule has 2 aromatic rings. The van der Waals surface area contributed by atoms with Crippen molar-refractivity contribution < 1.29 is 4.79 Å². The molecular formula is C13H13BrN2OS2. The van der Waals surface area contributed by atoms with Gasteiger partial charge in [0, 0.05) is 14.2 Å². The highest BCUT2D eigenvalue weighted by Crippen LogP contribution is 2.25. The molecule has 0 radical (unpaired) electrons. The summed E-state index contributed by atoms with van der Waals surface area (Å²) in [7, 11) is 0. The highest BCUT2D eigenvalue weighted by atomic mass is 79.9. The number of thiazole rings is 1. The maximum atomic E-state index is 12.2. The summed E-state index contributed by atoms with van der Waals surface area (Å²) in [6.45, 7) is 4.06. The van der Waals surface area contributed by atoms with Gasteiger partial charge in [0.1, 0.15) is 0 Å². The topological polar surface area (TPSA) is 42.0 Å². The standard InChI is InChI=1S/C13H13BrN2OS2/c1-3-11-7(2)19-13(15-11)16-12(17)9-6-8(18)4-5-10(9)14/h4-6,18H,3H2,1-2H3,(H,15,16,17). The van der Waals surface area contributed by atoms with Crippen LogP contribution in [-0.2, 0) is 6.42 Å². The smallest absolute Gasteiger partial charge is 0.258 e. The lowest BCUT2D eigenvalue weighted by atomic mass is 10.2. The second-order valence-corrected chi connectivity index (χ2v) is 6.57. The van der Waals surface area contributed by atoms with Crippen molar-refractivity contribution in [3.63, 3.8) is 0 Å². The van der Waals surface area contributed by atoms with Crippen LogP contribution in [0.4, 0.5) is 5.13 Å². The molecule has 1 aromatic heterocycles. The molecule has 1 heterocycles. The first-order chi connectivity index (χ1) is 9.01. The summed E-state index contributed by atoms with van der Waals surface area (Å²) in [5.41, 5.74) is 1.58. The van der Waals surface area contributed by atoms with Crippen molar-refractivity contribution in [2.24, 2.45) is 0 Å². The third-order valence-corrected chi connectivity index (χ3v) is 4.54. The zero-order valence-corrected chi connectivity index (χ0v) is 13.8. The van der Waals surface area contributed by atoms with Crippen LogP contribution in [0, 0.1) is 6.92 Å². The molecule has 1 N–H and O–H groups in total. The summed E-state index contributed by atoms with van der Waals surface area (Å²) in [6.07, 6.45) is 0.869. The predicted molar refractivity (Wildman–Crippen MR) is 85.6 cm³/mol. The van der Waals surface area contributed by atoms with Gasteiger partial charge in [-0.3, -0.25) is 10.1 Å². The molecule has 0 atom stereocenters. The monoisotopic (exact) mass is 356 g/mol. The Balaban J connectivity index is 2.22. The fourth-order valence-corrected chi connectivity index (χ4v) is 3.19. The first kappa shape index (κ1) is 14.6. The van der Waals surface area contributed by atoms with E-state index in [0.717, 1.165) is 26.4 Å². The molecule has 6 heteroatoms. The Bertz CT molecular complexity index is 625. The molecule has 1 amide bonds. The van der Waals surface area contributed by atoms with E-state index in [1.165, 1.54) is 11.3 Å². The van der Waals surface area contributed by atoms with E-state index in [9.17, 15) is 4.79 Å². The molecule has 0 saturated heterocycles. The number of rotatable bonds is 3. The molecule has 0 unspecified atom stereocenters. The van der Waals surface area contributed by atoms with Crippen LogP contribution in [0.25, 0.3) is 0 Å². The molecule has 19 heavy (non-hydrogen) atoms. The molecule has 1 aromatic carbocycles. The number of nitrogens with one attached hydrogen (secondary N) is 1. The zero-order valence-electron chi connectivity index (χ0n) is 10.5. The second-order valence-electron chi connectivity index (χ2n) is 3.99. The molecule has 0 spiro atoms. The second kappa shape index (κ2) is 6.07. The minimum atomic E-state index is -0.181. The van der Waals surface area contributed by atoms with Crippen molar-refractivity contribution in [3.8, 4) is 0 Å². The number of halogens is 1. The molecule has 3 nitrogen and oxygen atoms in total. The Morgan fingerprint density at radius 3 is 2.89 bits per heavy atom. The van der Waals surface area contributed by atoms with E-state index in [-0.39, 0.29) is 5.91 Å². The highest BCUT2D eigenvalue weighted by molar-refractivity contribution is 9.10. The number of hydrogen-bond acceptors (Lipinski definition) is 4. The van der Waals surface area contributed by atoms with Gasteiger partial charge in [0.2, 0.25) is 0 Å². The molecule has 2 rings (SSSR count). The Morgan fingerprint density at radius 1 is 1.53 bits per heavy atom. The van der Waals surface area contributed by atoms with Crippen LogP contribution >= 0.6 is 39.9 Å². The molecule has 0 bridgehead atoms. The molecule has 0 saturated carbocycles. The number of anilines is 1. The number of hydrogen-bond donors (Lipinski definition) is 2. The average Bonchev–Trinajstić information content (AvgIpc) is 2.72. The van der Waals surface area contributed by atoms with Crippen LogP contribution in [0.1, 0.15) is 27.9 Å². The lowest BCUT2D eigenvalue weighted by Crippen LogP contribution is -2.12.